The van der Waals surface area contributed by atoms with Crippen LogP contribution in [0.25, 0.3) is 27.7 Å². The lowest BCUT2D eigenvalue weighted by Crippen LogP contribution is -2.20. The molecule has 1 N–H and O–H groups in total. The summed E-state index contributed by atoms with van der Waals surface area (Å²) in [6, 6.07) is 12.6. The van der Waals surface area contributed by atoms with E-state index in [1.165, 1.54) is 6.08 Å². The molecule has 2 aromatic carbocycles. The van der Waals surface area contributed by atoms with Crippen molar-refractivity contribution in [3.8, 4) is 16.9 Å². The number of halogens is 2. The maximum absolute atomic E-state index is 12.4. The molecule has 0 unspecified atom stereocenters. The molecule has 2 heterocycles. The van der Waals surface area contributed by atoms with Gasteiger partial charge in [0.1, 0.15) is 17.1 Å². The third-order valence-corrected chi connectivity index (χ3v) is 5.45. The Morgan fingerprint density at radius 2 is 1.97 bits per heavy atom. The molecular weight excluding hydrogens is 437 g/mol. The minimum atomic E-state index is -0.232. The van der Waals surface area contributed by atoms with Crippen LogP contribution in [-0.2, 0) is 11.3 Å². The predicted molar refractivity (Wildman–Crippen MR) is 122 cm³/mol. The number of hydrogen-bond donors (Lipinski definition) is 1. The predicted octanol–water partition coefficient (Wildman–Crippen LogP) is 6.73. The average Bonchev–Trinajstić information content (AvgIpc) is 3.41. The first-order chi connectivity index (χ1) is 15.0. The van der Waals surface area contributed by atoms with Crippen LogP contribution >= 0.6 is 23.2 Å². The fourth-order valence-electron chi connectivity index (χ4n) is 3.36. The van der Waals surface area contributed by atoms with Gasteiger partial charge < -0.3 is 18.9 Å². The van der Waals surface area contributed by atoms with Crippen LogP contribution in [0.1, 0.15) is 18.2 Å². The Morgan fingerprint density at radius 3 is 2.68 bits per heavy atom. The second-order valence-corrected chi connectivity index (χ2v) is 7.79. The molecule has 0 aliphatic carbocycles. The van der Waals surface area contributed by atoms with Crippen LogP contribution in [0.3, 0.4) is 0 Å². The summed E-state index contributed by atoms with van der Waals surface area (Å²) in [6.07, 6.45) is 4.75. The molecule has 0 saturated heterocycles. The summed E-state index contributed by atoms with van der Waals surface area (Å²) >= 11 is 12.4. The Hall–Kier alpha value is -3.15. The summed E-state index contributed by atoms with van der Waals surface area (Å²) in [4.78, 5) is 12.4. The van der Waals surface area contributed by atoms with Crippen molar-refractivity contribution in [2.24, 2.45) is 0 Å². The number of carbonyl (C=O) groups is 1. The van der Waals surface area contributed by atoms with Crippen molar-refractivity contribution in [2.75, 3.05) is 7.11 Å². The topological polar surface area (TPSA) is 64.6 Å². The lowest BCUT2D eigenvalue weighted by Gasteiger charge is -2.10. The number of carbonyl (C=O) groups excluding carboxylic acids is 1. The number of benzene rings is 2. The van der Waals surface area contributed by atoms with Crippen molar-refractivity contribution in [3.05, 3.63) is 82.4 Å². The average molecular weight is 456 g/mol. The van der Waals surface area contributed by atoms with Crippen LogP contribution < -0.4 is 10.1 Å². The van der Waals surface area contributed by atoms with Crippen LogP contribution in [0.4, 0.5) is 0 Å². The quantitative estimate of drug-likeness (QED) is 0.327. The molecule has 7 heteroatoms. The molecule has 0 aliphatic rings. The van der Waals surface area contributed by atoms with E-state index in [0.717, 1.165) is 27.6 Å². The summed E-state index contributed by atoms with van der Waals surface area (Å²) in [5.41, 5.74) is 3.80. The number of nitrogens with one attached hydrogen (secondary N) is 1. The van der Waals surface area contributed by atoms with Crippen molar-refractivity contribution >= 4 is 45.7 Å². The van der Waals surface area contributed by atoms with Crippen molar-refractivity contribution in [3.63, 3.8) is 0 Å². The summed E-state index contributed by atoms with van der Waals surface area (Å²) in [7, 11) is 1.58. The SMILES string of the molecule is COc1cc2occ(-c3ccc(Cl)cc3Cl)c2cc1/C(C)=C/C(=O)NCc1ccco1. The summed E-state index contributed by atoms with van der Waals surface area (Å²) in [6.45, 7) is 2.16. The maximum atomic E-state index is 12.4. The molecule has 4 aromatic rings. The lowest BCUT2D eigenvalue weighted by molar-refractivity contribution is -0.116. The van der Waals surface area contributed by atoms with Gasteiger partial charge in [-0.25, -0.2) is 0 Å². The van der Waals surface area contributed by atoms with E-state index < -0.39 is 0 Å². The van der Waals surface area contributed by atoms with E-state index in [0.29, 0.717) is 33.7 Å². The van der Waals surface area contributed by atoms with Gasteiger partial charge in [-0.05, 0) is 42.8 Å². The smallest absolute Gasteiger partial charge is 0.244 e. The minimum absolute atomic E-state index is 0.232. The fourth-order valence-corrected chi connectivity index (χ4v) is 3.87. The third-order valence-electron chi connectivity index (χ3n) is 4.91. The van der Waals surface area contributed by atoms with Crippen LogP contribution in [-0.4, -0.2) is 13.0 Å². The van der Waals surface area contributed by atoms with Gasteiger partial charge in [-0.15, -0.1) is 0 Å². The molecule has 0 bridgehead atoms. The summed E-state index contributed by atoms with van der Waals surface area (Å²) < 4.78 is 16.5. The van der Waals surface area contributed by atoms with E-state index in [2.05, 4.69) is 5.32 Å². The number of rotatable bonds is 6. The second-order valence-electron chi connectivity index (χ2n) is 6.95. The zero-order chi connectivity index (χ0) is 22.0. The van der Waals surface area contributed by atoms with Crippen LogP contribution in [0.15, 0.2) is 69.9 Å². The zero-order valence-corrected chi connectivity index (χ0v) is 18.4. The van der Waals surface area contributed by atoms with E-state index >= 15 is 0 Å². The molecule has 0 spiro atoms. The normalized spacial score (nSPS) is 11.7. The Balaban J connectivity index is 1.70. The van der Waals surface area contributed by atoms with Gasteiger partial charge >= 0.3 is 0 Å². The highest BCUT2D eigenvalue weighted by atomic mass is 35.5. The Kier molecular flexibility index (Phi) is 6.07. The van der Waals surface area contributed by atoms with E-state index in [-0.39, 0.29) is 5.91 Å². The first-order valence-corrected chi connectivity index (χ1v) is 10.3. The maximum Gasteiger partial charge on any atom is 0.244 e. The first-order valence-electron chi connectivity index (χ1n) is 9.50. The van der Waals surface area contributed by atoms with Gasteiger partial charge in [0.25, 0.3) is 0 Å². The van der Waals surface area contributed by atoms with Crippen molar-refractivity contribution in [2.45, 2.75) is 13.5 Å². The molecule has 31 heavy (non-hydrogen) atoms. The molecule has 2 aromatic heterocycles. The minimum Gasteiger partial charge on any atom is -0.496 e. The summed E-state index contributed by atoms with van der Waals surface area (Å²) in [5, 5.41) is 4.74. The molecule has 0 atom stereocenters. The van der Waals surface area contributed by atoms with Gasteiger partial charge in [0.15, 0.2) is 0 Å². The largest absolute Gasteiger partial charge is 0.496 e. The standard InChI is InChI=1S/C24H19Cl2NO4/c1-14(8-24(28)27-12-16-4-3-7-30-16)18-10-19-20(13-31-23(19)11-22(18)29-2)17-6-5-15(25)9-21(17)26/h3-11,13H,12H2,1-2H3,(H,27,28)/b14-8+. The number of methoxy groups -OCH3 is 1. The van der Waals surface area contributed by atoms with Crippen molar-refractivity contribution < 1.29 is 18.4 Å². The molecule has 0 aliphatic heterocycles. The fraction of sp³-hybridized carbons (Fsp3) is 0.125. The number of fused-ring (bicyclic) bond motifs is 1. The second kappa shape index (κ2) is 8.92. The first kappa shape index (κ1) is 21.1. The lowest BCUT2D eigenvalue weighted by atomic mass is 9.99. The van der Waals surface area contributed by atoms with Crippen molar-refractivity contribution in [1.82, 2.24) is 5.32 Å². The van der Waals surface area contributed by atoms with E-state index in [4.69, 9.17) is 36.8 Å². The molecule has 0 saturated carbocycles. The van der Waals surface area contributed by atoms with E-state index in [1.54, 1.807) is 50.0 Å². The number of amides is 1. The van der Waals surface area contributed by atoms with Crippen molar-refractivity contribution in [1.29, 1.82) is 0 Å². The highest BCUT2D eigenvalue weighted by Crippen LogP contribution is 2.40. The van der Waals surface area contributed by atoms with E-state index in [1.807, 2.05) is 19.1 Å². The Labute approximate surface area is 189 Å². The molecular formula is C24H19Cl2NO4. The number of hydrogen-bond acceptors (Lipinski definition) is 4. The molecule has 0 fully saturated rings. The Morgan fingerprint density at radius 1 is 1.13 bits per heavy atom. The molecule has 158 valence electrons. The number of furan rings is 2. The molecule has 4 rings (SSSR count). The highest BCUT2D eigenvalue weighted by molar-refractivity contribution is 6.36. The van der Waals surface area contributed by atoms with Crippen LogP contribution in [0.2, 0.25) is 10.0 Å². The highest BCUT2D eigenvalue weighted by Gasteiger charge is 2.16. The molecule has 5 nitrogen and oxygen atoms in total. The Bertz CT molecular complexity index is 1270. The van der Waals surface area contributed by atoms with Gasteiger partial charge in [0.05, 0.1) is 31.2 Å². The van der Waals surface area contributed by atoms with Crippen LogP contribution in [0.5, 0.6) is 5.75 Å². The summed E-state index contributed by atoms with van der Waals surface area (Å²) in [5.74, 6) is 1.05. The zero-order valence-electron chi connectivity index (χ0n) is 16.9. The number of allylic oxidation sites excluding steroid dienone is 1. The van der Waals surface area contributed by atoms with Gasteiger partial charge in [0.2, 0.25) is 5.91 Å². The van der Waals surface area contributed by atoms with Crippen LogP contribution in [0, 0.1) is 0 Å². The molecule has 1 amide bonds. The van der Waals surface area contributed by atoms with Gasteiger partial charge in [-0.3, -0.25) is 4.79 Å². The van der Waals surface area contributed by atoms with Gasteiger partial charge in [-0.1, -0.05) is 29.3 Å². The monoisotopic (exact) mass is 455 g/mol. The van der Waals surface area contributed by atoms with Gasteiger partial charge in [0, 0.05) is 39.2 Å². The van der Waals surface area contributed by atoms with E-state index in [9.17, 15) is 4.79 Å². The third kappa shape index (κ3) is 4.48. The molecule has 0 radical (unpaired) electrons. The van der Waals surface area contributed by atoms with Gasteiger partial charge in [-0.2, -0.15) is 0 Å². The number of ether oxygens (including phenoxy) is 1.